The number of aliphatic imine (C=N–C) groups is 1. The maximum atomic E-state index is 12.1. The molecule has 0 spiro atoms. The van der Waals surface area contributed by atoms with Crippen LogP contribution in [-0.4, -0.2) is 36.2 Å². The molecule has 0 aliphatic carbocycles. The molecule has 24 heavy (non-hydrogen) atoms. The van der Waals surface area contributed by atoms with Gasteiger partial charge in [-0.1, -0.05) is 11.6 Å². The Morgan fingerprint density at radius 3 is 2.96 bits per heavy atom. The van der Waals surface area contributed by atoms with Crippen molar-refractivity contribution < 1.29 is 19.1 Å². The maximum absolute atomic E-state index is 12.1. The molecule has 122 valence electrons. The Morgan fingerprint density at radius 2 is 2.17 bits per heavy atom. The minimum atomic E-state index is -0.546. The van der Waals surface area contributed by atoms with Crippen LogP contribution in [-0.2, 0) is 4.74 Å². The summed E-state index contributed by atoms with van der Waals surface area (Å²) in [6.45, 7) is 0.127. The van der Waals surface area contributed by atoms with Crippen molar-refractivity contribution in [2.45, 2.75) is 6.42 Å². The van der Waals surface area contributed by atoms with Crippen LogP contribution in [0.25, 0.3) is 0 Å². The van der Waals surface area contributed by atoms with Crippen molar-refractivity contribution in [3.8, 4) is 5.75 Å². The van der Waals surface area contributed by atoms with Gasteiger partial charge in [-0.2, -0.15) is 0 Å². The Balaban J connectivity index is 1.76. The van der Waals surface area contributed by atoms with Crippen LogP contribution in [0.3, 0.4) is 0 Å². The summed E-state index contributed by atoms with van der Waals surface area (Å²) in [5, 5.41) is 0.277. The lowest BCUT2D eigenvalue weighted by Crippen LogP contribution is -2.19. The van der Waals surface area contributed by atoms with Gasteiger partial charge in [0.1, 0.15) is 12.4 Å². The summed E-state index contributed by atoms with van der Waals surface area (Å²) in [6.07, 6.45) is 3.30. The van der Waals surface area contributed by atoms with Crippen LogP contribution in [0.2, 0.25) is 5.02 Å². The molecule has 0 fully saturated rings. The monoisotopic (exact) mass is 344 g/mol. The SMILES string of the molecule is COC(=O)c1cc(OCC2=Nc3cnccc3C(=O)C2)ccc1Cl. The number of carbonyl (C=O) groups is 2. The number of hydrogen-bond donors (Lipinski definition) is 0. The van der Waals surface area contributed by atoms with E-state index in [1.54, 1.807) is 30.6 Å². The molecule has 3 rings (SSSR count). The van der Waals surface area contributed by atoms with Crippen molar-refractivity contribution in [2.24, 2.45) is 4.99 Å². The third-order valence-corrected chi connectivity index (χ3v) is 3.82. The Bertz CT molecular complexity index is 848. The van der Waals surface area contributed by atoms with E-state index >= 15 is 0 Å². The molecule has 2 heterocycles. The van der Waals surface area contributed by atoms with E-state index in [-0.39, 0.29) is 29.4 Å². The number of ether oxygens (including phenoxy) is 2. The molecule has 2 aromatic rings. The Labute approximate surface area is 143 Å². The van der Waals surface area contributed by atoms with Gasteiger partial charge in [-0.3, -0.25) is 14.8 Å². The van der Waals surface area contributed by atoms with Crippen LogP contribution in [0.1, 0.15) is 27.1 Å². The second kappa shape index (κ2) is 6.80. The molecule has 6 nitrogen and oxygen atoms in total. The molecule has 1 aliphatic heterocycles. The number of pyridine rings is 1. The summed E-state index contributed by atoms with van der Waals surface area (Å²) < 4.78 is 10.3. The molecule has 0 atom stereocenters. The number of rotatable bonds is 4. The fourth-order valence-electron chi connectivity index (χ4n) is 2.31. The maximum Gasteiger partial charge on any atom is 0.339 e. The summed E-state index contributed by atoms with van der Waals surface area (Å²) in [5.74, 6) is -0.130. The zero-order valence-corrected chi connectivity index (χ0v) is 13.5. The van der Waals surface area contributed by atoms with Gasteiger partial charge in [0.25, 0.3) is 0 Å². The van der Waals surface area contributed by atoms with Gasteiger partial charge < -0.3 is 9.47 Å². The van der Waals surface area contributed by atoms with E-state index in [0.717, 1.165) is 0 Å². The predicted molar refractivity (Wildman–Crippen MR) is 88.6 cm³/mol. The lowest BCUT2D eigenvalue weighted by molar-refractivity contribution is 0.0600. The molecule has 0 bridgehead atoms. The summed E-state index contributed by atoms with van der Waals surface area (Å²) >= 11 is 5.96. The lowest BCUT2D eigenvalue weighted by atomic mass is 10.0. The molecule has 1 aromatic carbocycles. The van der Waals surface area contributed by atoms with E-state index in [4.69, 9.17) is 16.3 Å². The van der Waals surface area contributed by atoms with E-state index in [1.807, 2.05) is 0 Å². The van der Waals surface area contributed by atoms with Gasteiger partial charge in [0.15, 0.2) is 5.78 Å². The Morgan fingerprint density at radius 1 is 1.33 bits per heavy atom. The molecule has 1 aliphatic rings. The largest absolute Gasteiger partial charge is 0.488 e. The van der Waals surface area contributed by atoms with Crippen molar-refractivity contribution in [3.63, 3.8) is 0 Å². The number of nitrogens with zero attached hydrogens (tertiary/aromatic N) is 2. The van der Waals surface area contributed by atoms with Crippen molar-refractivity contribution in [1.82, 2.24) is 4.98 Å². The van der Waals surface area contributed by atoms with Crippen LogP contribution < -0.4 is 4.74 Å². The number of fused-ring (bicyclic) bond motifs is 1. The van der Waals surface area contributed by atoms with E-state index in [1.165, 1.54) is 13.2 Å². The van der Waals surface area contributed by atoms with Gasteiger partial charge in [-0.05, 0) is 24.3 Å². The second-order valence-electron chi connectivity index (χ2n) is 5.09. The van der Waals surface area contributed by atoms with Crippen LogP contribution in [0.5, 0.6) is 5.75 Å². The zero-order chi connectivity index (χ0) is 17.1. The minimum Gasteiger partial charge on any atom is -0.488 e. The van der Waals surface area contributed by atoms with E-state index in [0.29, 0.717) is 22.7 Å². The van der Waals surface area contributed by atoms with Crippen molar-refractivity contribution in [1.29, 1.82) is 0 Å². The number of halogens is 1. The molecule has 0 amide bonds. The predicted octanol–water partition coefficient (Wildman–Crippen LogP) is 3.26. The third kappa shape index (κ3) is 3.28. The standard InChI is InChI=1S/C17H13ClN2O4/c1-23-17(22)13-7-11(2-3-14(13)18)24-9-10-6-16(21)12-4-5-19-8-15(12)20-10/h2-5,7-8H,6,9H2,1H3. The smallest absolute Gasteiger partial charge is 0.339 e. The average molecular weight is 345 g/mol. The highest BCUT2D eigenvalue weighted by Gasteiger charge is 2.20. The van der Waals surface area contributed by atoms with Crippen LogP contribution >= 0.6 is 11.6 Å². The number of hydrogen-bond acceptors (Lipinski definition) is 6. The summed E-state index contributed by atoms with van der Waals surface area (Å²) in [6, 6.07) is 6.33. The number of benzene rings is 1. The van der Waals surface area contributed by atoms with Crippen LogP contribution in [0.15, 0.2) is 41.7 Å². The molecular formula is C17H13ClN2O4. The molecule has 0 saturated heterocycles. The van der Waals surface area contributed by atoms with E-state index in [2.05, 4.69) is 14.7 Å². The number of methoxy groups -OCH3 is 1. The highest BCUT2D eigenvalue weighted by Crippen LogP contribution is 2.26. The summed E-state index contributed by atoms with van der Waals surface area (Å²) in [5.41, 5.74) is 1.91. The summed E-state index contributed by atoms with van der Waals surface area (Å²) in [4.78, 5) is 32.1. The minimum absolute atomic E-state index is 0.0210. The van der Waals surface area contributed by atoms with Crippen LogP contribution in [0, 0.1) is 0 Å². The fraction of sp³-hybridized carbons (Fsp3) is 0.176. The fourth-order valence-corrected chi connectivity index (χ4v) is 2.51. The molecule has 0 unspecified atom stereocenters. The topological polar surface area (TPSA) is 77.8 Å². The lowest BCUT2D eigenvalue weighted by Gasteiger charge is -2.15. The van der Waals surface area contributed by atoms with Gasteiger partial charge in [-0.25, -0.2) is 4.79 Å². The molecule has 7 heteroatoms. The number of carbonyl (C=O) groups excluding carboxylic acids is 2. The third-order valence-electron chi connectivity index (χ3n) is 3.49. The van der Waals surface area contributed by atoms with Gasteiger partial charge in [0.05, 0.1) is 41.7 Å². The Kier molecular flexibility index (Phi) is 4.57. The summed E-state index contributed by atoms with van der Waals surface area (Å²) in [7, 11) is 1.28. The van der Waals surface area contributed by atoms with Gasteiger partial charge in [0.2, 0.25) is 0 Å². The van der Waals surface area contributed by atoms with E-state index in [9.17, 15) is 9.59 Å². The van der Waals surface area contributed by atoms with Gasteiger partial charge in [-0.15, -0.1) is 0 Å². The van der Waals surface area contributed by atoms with Gasteiger partial charge in [0, 0.05) is 11.8 Å². The van der Waals surface area contributed by atoms with Crippen molar-refractivity contribution in [2.75, 3.05) is 13.7 Å². The first kappa shape index (κ1) is 16.1. The first-order chi connectivity index (χ1) is 11.6. The highest BCUT2D eigenvalue weighted by molar-refractivity contribution is 6.33. The van der Waals surface area contributed by atoms with Crippen LogP contribution in [0.4, 0.5) is 5.69 Å². The van der Waals surface area contributed by atoms with Crippen molar-refractivity contribution >= 4 is 34.8 Å². The number of esters is 1. The van der Waals surface area contributed by atoms with Gasteiger partial charge >= 0.3 is 5.97 Å². The quantitative estimate of drug-likeness (QED) is 0.795. The number of aromatic nitrogens is 1. The number of ketones is 1. The first-order valence-corrected chi connectivity index (χ1v) is 7.50. The zero-order valence-electron chi connectivity index (χ0n) is 12.8. The highest BCUT2D eigenvalue weighted by atomic mass is 35.5. The molecular weight excluding hydrogens is 332 g/mol. The van der Waals surface area contributed by atoms with Crippen molar-refractivity contribution in [3.05, 3.63) is 52.8 Å². The Hall–Kier alpha value is -2.73. The molecule has 1 aromatic heterocycles. The second-order valence-corrected chi connectivity index (χ2v) is 5.50. The van der Waals surface area contributed by atoms with E-state index < -0.39 is 5.97 Å². The first-order valence-electron chi connectivity index (χ1n) is 7.13. The number of Topliss-reactive ketones (excluding diaryl/α,β-unsaturated/α-hetero) is 1. The molecule has 0 saturated carbocycles. The normalized spacial score (nSPS) is 13.1. The molecule has 0 N–H and O–H groups in total. The average Bonchev–Trinajstić information content (AvgIpc) is 2.60. The molecule has 0 radical (unpaired) electrons.